The first kappa shape index (κ1) is 44.4. The summed E-state index contributed by atoms with van der Waals surface area (Å²) in [7, 11) is 5.13. The second-order valence-electron chi connectivity index (χ2n) is 13.9. The molecule has 0 fully saturated rings. The molecule has 13 heteroatoms. The molecular formula is C43H57Cl2N5O6. The number of nitrogens with zero attached hydrogens (tertiary/aromatic N) is 3. The van der Waals surface area contributed by atoms with Crippen LogP contribution in [0.5, 0.6) is 5.75 Å². The smallest absolute Gasteiger partial charge is 0.338 e. The number of likely N-dealkylation sites (N-methyl/N-ethyl adjacent to an activating group) is 1. The minimum Gasteiger partial charge on any atom is -0.496 e. The van der Waals surface area contributed by atoms with E-state index in [1.165, 1.54) is 0 Å². The Morgan fingerprint density at radius 1 is 1.07 bits per heavy atom. The number of nitrogens with one attached hydrogen (secondary N) is 2. The van der Waals surface area contributed by atoms with Gasteiger partial charge in [-0.1, -0.05) is 54.8 Å². The molecule has 3 atom stereocenters. The van der Waals surface area contributed by atoms with Crippen molar-refractivity contribution < 1.29 is 28.9 Å². The number of carboxylic acid groups (broad SMARTS) is 1. The van der Waals surface area contributed by atoms with Gasteiger partial charge in [-0.05, 0) is 87.9 Å². The lowest BCUT2D eigenvalue weighted by Gasteiger charge is -2.27. The molecule has 3 unspecified atom stereocenters. The molecule has 5 rings (SSSR count). The summed E-state index contributed by atoms with van der Waals surface area (Å²) in [4.78, 5) is 23.7. The number of ether oxygens (including phenoxy) is 3. The molecule has 0 saturated carbocycles. The van der Waals surface area contributed by atoms with Crippen LogP contribution in [0.3, 0.4) is 0 Å². The van der Waals surface area contributed by atoms with Crippen LogP contribution in [0.4, 0.5) is 5.69 Å². The largest absolute Gasteiger partial charge is 0.496 e. The van der Waals surface area contributed by atoms with Crippen molar-refractivity contribution in [2.75, 3.05) is 52.9 Å². The first-order valence-electron chi connectivity index (χ1n) is 19.2. The first-order valence-corrected chi connectivity index (χ1v) is 20.0. The third-order valence-electron chi connectivity index (χ3n) is 10.3. The van der Waals surface area contributed by atoms with E-state index in [4.69, 9.17) is 42.5 Å². The molecule has 1 aromatic heterocycles. The number of benzene rings is 2. The zero-order valence-electron chi connectivity index (χ0n) is 34.1. The number of amides is 1. The van der Waals surface area contributed by atoms with Crippen molar-refractivity contribution >= 4 is 69.5 Å². The van der Waals surface area contributed by atoms with E-state index in [0.29, 0.717) is 68.3 Å². The summed E-state index contributed by atoms with van der Waals surface area (Å²) in [5, 5.41) is 25.3. The Kier molecular flexibility index (Phi) is 16.5. The summed E-state index contributed by atoms with van der Waals surface area (Å²) in [5.74, 6) is -0.661. The van der Waals surface area contributed by atoms with Gasteiger partial charge < -0.3 is 34.5 Å². The molecule has 11 nitrogen and oxygen atoms in total. The number of aromatic carboxylic acids is 1. The highest BCUT2D eigenvalue weighted by Gasteiger charge is 2.35. The van der Waals surface area contributed by atoms with Crippen molar-refractivity contribution in [3.8, 4) is 5.75 Å². The summed E-state index contributed by atoms with van der Waals surface area (Å²) in [6, 6.07) is 7.79. The monoisotopic (exact) mass is 809 g/mol. The molecule has 304 valence electrons. The molecule has 0 radical (unpaired) electrons. The van der Waals surface area contributed by atoms with E-state index < -0.39 is 5.97 Å². The third kappa shape index (κ3) is 9.98. The number of allylic oxidation sites excluding steroid dienone is 3. The molecular weight excluding hydrogens is 753 g/mol. The molecule has 0 bridgehead atoms. The van der Waals surface area contributed by atoms with Crippen LogP contribution in [-0.2, 0) is 20.8 Å². The van der Waals surface area contributed by atoms with E-state index in [-0.39, 0.29) is 23.6 Å². The first-order chi connectivity index (χ1) is 26.9. The maximum atomic E-state index is 12.5. The van der Waals surface area contributed by atoms with Gasteiger partial charge >= 0.3 is 5.97 Å². The average Bonchev–Trinajstić information content (AvgIpc) is 3.69. The number of hydrogen-bond donors (Lipinski definition) is 3. The molecule has 56 heavy (non-hydrogen) atoms. The molecule has 2 heterocycles. The number of hydrazone groups is 1. The summed E-state index contributed by atoms with van der Waals surface area (Å²) in [6.45, 7) is 14.4. The quantitative estimate of drug-likeness (QED) is 0.0660. The van der Waals surface area contributed by atoms with Crippen LogP contribution in [0.15, 0.2) is 57.8 Å². The molecule has 1 aliphatic carbocycles. The van der Waals surface area contributed by atoms with Gasteiger partial charge in [-0.25, -0.2) is 4.79 Å². The standard InChI is InChI=1S/C41H51Cl2N5O6.C2H6/c1-24-19-30(20-25(2)38(24)43)54-17-8-9-28(21-29-10-13-34(53-7)36-32(41(50)51)22-48(40(29)36)16-18-52-6)31-11-12-33(42)37(39(31)45-15-14-44-23-49)35-26(3)46-47(5)27(35)4;1-2/h10-13,19,21-23,27,30,35,45H,8-9,14-18,20H2,1-7H3,(H,44,49)(H,50,51);1-2H3/b28-21+;. The van der Waals surface area contributed by atoms with E-state index in [0.717, 1.165) is 61.8 Å². The van der Waals surface area contributed by atoms with Crippen LogP contribution >= 0.6 is 23.2 Å². The highest BCUT2D eigenvalue weighted by atomic mass is 35.5. The number of hydrogen-bond acceptors (Lipinski definition) is 8. The maximum absolute atomic E-state index is 12.5. The second kappa shape index (κ2) is 20.8. The number of carbonyl (C=O) groups is 2. The molecule has 1 amide bonds. The van der Waals surface area contributed by atoms with Gasteiger partial charge in [0.15, 0.2) is 0 Å². The number of carbonyl (C=O) groups excluding carboxylic acids is 1. The van der Waals surface area contributed by atoms with Gasteiger partial charge in [-0.15, -0.1) is 0 Å². The molecule has 0 saturated heterocycles. The van der Waals surface area contributed by atoms with E-state index in [9.17, 15) is 14.7 Å². The number of methoxy groups -OCH3 is 2. The van der Waals surface area contributed by atoms with E-state index in [1.807, 2.05) is 75.5 Å². The van der Waals surface area contributed by atoms with Crippen LogP contribution in [0.25, 0.3) is 22.6 Å². The SMILES string of the molecule is CC.COCCn1cc(C(=O)O)c2c(OC)ccc(/C=C(\CCCOC3C=C(C)C(Cl)=C(C)C3)c3ccc(Cl)c(C4C(C)=NN(C)C4C)c3NCCNC=O)c21. The number of fused-ring (bicyclic) bond motifs is 1. The number of carboxylic acids is 1. The summed E-state index contributed by atoms with van der Waals surface area (Å²) in [5.41, 5.74) is 8.50. The van der Waals surface area contributed by atoms with Crippen molar-refractivity contribution in [2.24, 2.45) is 5.10 Å². The van der Waals surface area contributed by atoms with E-state index in [1.54, 1.807) is 20.4 Å². The van der Waals surface area contributed by atoms with Gasteiger partial charge in [0, 0.05) is 85.1 Å². The highest BCUT2D eigenvalue weighted by Crippen LogP contribution is 2.44. The van der Waals surface area contributed by atoms with Gasteiger partial charge in [0.25, 0.3) is 0 Å². The zero-order valence-corrected chi connectivity index (χ0v) is 35.6. The Hall–Kier alpha value is -4.29. The molecule has 2 aromatic carbocycles. The number of aromatic nitrogens is 1. The van der Waals surface area contributed by atoms with Crippen LogP contribution in [0.1, 0.15) is 93.8 Å². The average molecular weight is 811 g/mol. The fraction of sp³-hybridized carbons (Fsp3) is 0.465. The van der Waals surface area contributed by atoms with Crippen molar-refractivity contribution in [2.45, 2.75) is 85.4 Å². The van der Waals surface area contributed by atoms with Crippen LogP contribution in [0, 0.1) is 0 Å². The summed E-state index contributed by atoms with van der Waals surface area (Å²) >= 11 is 13.6. The predicted molar refractivity (Wildman–Crippen MR) is 230 cm³/mol. The number of halogens is 2. The Morgan fingerprint density at radius 3 is 2.45 bits per heavy atom. The Labute approximate surface area is 341 Å². The van der Waals surface area contributed by atoms with Crippen LogP contribution < -0.4 is 15.4 Å². The summed E-state index contributed by atoms with van der Waals surface area (Å²) in [6.07, 6.45) is 8.54. The topological polar surface area (TPSA) is 127 Å². The number of anilines is 1. The Balaban J connectivity index is 0.00000342. The molecule has 0 spiro atoms. The molecule has 3 aromatic rings. The molecule has 2 aliphatic rings. The number of rotatable bonds is 18. The highest BCUT2D eigenvalue weighted by molar-refractivity contribution is 6.32. The predicted octanol–water partition coefficient (Wildman–Crippen LogP) is 9.19. The third-order valence-corrected chi connectivity index (χ3v) is 11.2. The van der Waals surface area contributed by atoms with Gasteiger partial charge in [-0.3, -0.25) is 9.80 Å². The second-order valence-corrected chi connectivity index (χ2v) is 14.6. The van der Waals surface area contributed by atoms with Crippen molar-refractivity contribution in [3.05, 3.63) is 80.0 Å². The molecule has 3 N–H and O–H groups in total. The van der Waals surface area contributed by atoms with Gasteiger partial charge in [-0.2, -0.15) is 5.10 Å². The minimum absolute atomic E-state index is 0.0463. The Morgan fingerprint density at radius 2 is 1.82 bits per heavy atom. The molecule has 1 aliphatic heterocycles. The van der Waals surface area contributed by atoms with Crippen LogP contribution in [-0.4, -0.2) is 92.5 Å². The van der Waals surface area contributed by atoms with E-state index >= 15 is 0 Å². The minimum atomic E-state index is -1.04. The fourth-order valence-corrected chi connectivity index (χ4v) is 7.98. The lowest BCUT2D eigenvalue weighted by Crippen LogP contribution is -2.28. The zero-order chi connectivity index (χ0) is 41.1. The van der Waals surface area contributed by atoms with Crippen molar-refractivity contribution in [1.82, 2.24) is 14.9 Å². The lowest BCUT2D eigenvalue weighted by molar-refractivity contribution is -0.109. The van der Waals surface area contributed by atoms with Gasteiger partial charge in [0.1, 0.15) is 5.75 Å². The normalized spacial score (nSPS) is 18.4. The fourth-order valence-electron chi connectivity index (χ4n) is 7.57. The van der Waals surface area contributed by atoms with Gasteiger partial charge in [0.05, 0.1) is 42.3 Å². The summed E-state index contributed by atoms with van der Waals surface area (Å²) < 4.78 is 19.4. The van der Waals surface area contributed by atoms with Gasteiger partial charge in [0.2, 0.25) is 6.41 Å². The lowest BCUT2D eigenvalue weighted by atomic mass is 9.84. The maximum Gasteiger partial charge on any atom is 0.338 e. The van der Waals surface area contributed by atoms with Crippen molar-refractivity contribution in [3.63, 3.8) is 0 Å². The Bertz CT molecular complexity index is 2000. The van der Waals surface area contributed by atoms with Crippen LogP contribution in [0.2, 0.25) is 5.02 Å². The van der Waals surface area contributed by atoms with E-state index in [2.05, 4.69) is 29.7 Å². The van der Waals surface area contributed by atoms with Crippen molar-refractivity contribution in [1.29, 1.82) is 0 Å².